The zero-order chi connectivity index (χ0) is 14.4. The number of nitrogens with two attached hydrogens (primary N) is 1. The number of pyridine rings is 1. The molecule has 0 spiro atoms. The minimum atomic E-state index is -0.0548. The van der Waals surface area contributed by atoms with E-state index in [-0.39, 0.29) is 18.5 Å². The molecule has 6 nitrogen and oxygen atoms in total. The lowest BCUT2D eigenvalue weighted by atomic mass is 10.3. The van der Waals surface area contributed by atoms with Crippen molar-refractivity contribution in [2.75, 3.05) is 30.8 Å². The van der Waals surface area contributed by atoms with Crippen LogP contribution in [0, 0.1) is 0 Å². The maximum Gasteiger partial charge on any atom is 0.239 e. The summed E-state index contributed by atoms with van der Waals surface area (Å²) in [4.78, 5) is 17.9. The van der Waals surface area contributed by atoms with Gasteiger partial charge in [0.15, 0.2) is 5.82 Å². The number of nitrogen functional groups attached to an aromatic ring is 1. The van der Waals surface area contributed by atoms with Gasteiger partial charge in [-0.2, -0.15) is 4.98 Å². The van der Waals surface area contributed by atoms with Crippen molar-refractivity contribution in [1.82, 2.24) is 10.3 Å². The van der Waals surface area contributed by atoms with Crippen LogP contribution in [-0.2, 0) is 4.79 Å². The van der Waals surface area contributed by atoms with Gasteiger partial charge in [-0.05, 0) is 26.8 Å². The van der Waals surface area contributed by atoms with Gasteiger partial charge in [-0.25, -0.2) is 0 Å². The van der Waals surface area contributed by atoms with E-state index >= 15 is 0 Å². The quantitative estimate of drug-likeness (QED) is 0.803. The lowest BCUT2D eigenvalue weighted by Crippen LogP contribution is -2.40. The Morgan fingerprint density at radius 3 is 2.74 bits per heavy atom. The summed E-state index contributed by atoms with van der Waals surface area (Å²) < 4.78 is 5.08. The van der Waals surface area contributed by atoms with E-state index in [0.29, 0.717) is 23.9 Å². The fraction of sp³-hybridized carbons (Fsp3) is 0.538. The number of likely N-dealkylation sites (N-methyl/N-ethyl adjacent to an activating group) is 1. The Labute approximate surface area is 113 Å². The molecule has 0 unspecified atom stereocenters. The zero-order valence-electron chi connectivity index (χ0n) is 11.9. The van der Waals surface area contributed by atoms with Crippen molar-refractivity contribution in [3.05, 3.63) is 12.1 Å². The Morgan fingerprint density at radius 1 is 1.53 bits per heavy atom. The number of methoxy groups -OCH3 is 1. The van der Waals surface area contributed by atoms with Crippen molar-refractivity contribution < 1.29 is 9.53 Å². The van der Waals surface area contributed by atoms with Crippen molar-refractivity contribution in [3.63, 3.8) is 0 Å². The number of carbonyl (C=O) groups excluding carboxylic acids is 1. The molecule has 0 saturated carbocycles. The van der Waals surface area contributed by atoms with Crippen LogP contribution in [0.25, 0.3) is 0 Å². The molecule has 0 aromatic carbocycles. The lowest BCUT2D eigenvalue weighted by molar-refractivity contribution is -0.120. The highest BCUT2D eigenvalue weighted by molar-refractivity contribution is 5.82. The van der Waals surface area contributed by atoms with Gasteiger partial charge in [-0.15, -0.1) is 0 Å². The van der Waals surface area contributed by atoms with Crippen molar-refractivity contribution in [1.29, 1.82) is 0 Å². The molecule has 0 saturated heterocycles. The highest BCUT2D eigenvalue weighted by atomic mass is 16.5. The molecule has 0 atom stereocenters. The Morgan fingerprint density at radius 2 is 2.21 bits per heavy atom. The molecule has 0 aliphatic carbocycles. The fourth-order valence-corrected chi connectivity index (χ4v) is 1.69. The molecule has 1 heterocycles. The van der Waals surface area contributed by atoms with Crippen molar-refractivity contribution in [2.24, 2.45) is 0 Å². The van der Waals surface area contributed by atoms with E-state index in [9.17, 15) is 4.79 Å². The number of hydrogen-bond donors (Lipinski definition) is 2. The summed E-state index contributed by atoms with van der Waals surface area (Å²) in [7, 11) is 1.55. The molecule has 1 rings (SSSR count). The van der Waals surface area contributed by atoms with Crippen LogP contribution in [0.5, 0.6) is 5.88 Å². The average molecular weight is 266 g/mol. The monoisotopic (exact) mass is 266 g/mol. The minimum Gasteiger partial charge on any atom is -0.481 e. The predicted molar refractivity (Wildman–Crippen MR) is 76.4 cm³/mol. The van der Waals surface area contributed by atoms with Gasteiger partial charge >= 0.3 is 0 Å². The second-order valence-corrected chi connectivity index (χ2v) is 4.50. The first-order chi connectivity index (χ1) is 8.97. The van der Waals surface area contributed by atoms with Crippen LogP contribution < -0.4 is 20.7 Å². The summed E-state index contributed by atoms with van der Waals surface area (Å²) in [6, 6.07) is 3.53. The van der Waals surface area contributed by atoms with Gasteiger partial charge in [-0.1, -0.05) is 0 Å². The number of ether oxygens (including phenoxy) is 1. The van der Waals surface area contributed by atoms with Crippen LogP contribution in [-0.4, -0.2) is 37.1 Å². The largest absolute Gasteiger partial charge is 0.481 e. The first-order valence-electron chi connectivity index (χ1n) is 6.32. The van der Waals surface area contributed by atoms with Gasteiger partial charge in [0, 0.05) is 18.7 Å². The number of carbonyl (C=O) groups is 1. The maximum absolute atomic E-state index is 11.8. The van der Waals surface area contributed by atoms with Gasteiger partial charge in [0.05, 0.1) is 19.3 Å². The number of nitrogens with zero attached hydrogens (tertiary/aromatic N) is 2. The summed E-state index contributed by atoms with van der Waals surface area (Å²) in [6.45, 7) is 6.65. The van der Waals surface area contributed by atoms with Gasteiger partial charge in [-0.3, -0.25) is 4.79 Å². The molecule has 0 aliphatic rings. The number of rotatable bonds is 6. The van der Waals surface area contributed by atoms with E-state index in [4.69, 9.17) is 10.5 Å². The Kier molecular flexibility index (Phi) is 5.41. The Hall–Kier alpha value is -1.98. The molecule has 1 aromatic heterocycles. The molecular formula is C13H22N4O2. The highest BCUT2D eigenvalue weighted by Gasteiger charge is 2.15. The zero-order valence-corrected chi connectivity index (χ0v) is 11.9. The second kappa shape index (κ2) is 6.82. The van der Waals surface area contributed by atoms with E-state index in [1.54, 1.807) is 19.2 Å². The molecule has 1 amide bonds. The topological polar surface area (TPSA) is 80.5 Å². The molecule has 6 heteroatoms. The number of nitrogens with one attached hydrogen (secondary N) is 1. The van der Waals surface area contributed by atoms with E-state index < -0.39 is 0 Å². The predicted octanol–water partition coefficient (Wildman–Crippen LogP) is 1.02. The first kappa shape index (κ1) is 15.1. The molecule has 19 heavy (non-hydrogen) atoms. The van der Waals surface area contributed by atoms with E-state index in [1.165, 1.54) is 0 Å². The van der Waals surface area contributed by atoms with E-state index in [2.05, 4.69) is 10.3 Å². The molecule has 0 fully saturated rings. The average Bonchev–Trinajstić information content (AvgIpc) is 2.36. The molecule has 3 N–H and O–H groups in total. The van der Waals surface area contributed by atoms with Crippen molar-refractivity contribution in [2.45, 2.75) is 26.8 Å². The third-order valence-corrected chi connectivity index (χ3v) is 2.55. The SMILES string of the molecule is CCN(CC(=O)NC(C)C)c1nc(OC)ccc1N. The van der Waals surface area contributed by atoms with Crippen molar-refractivity contribution >= 4 is 17.4 Å². The fourth-order valence-electron chi connectivity index (χ4n) is 1.69. The van der Waals surface area contributed by atoms with Crippen LogP contribution >= 0.6 is 0 Å². The van der Waals surface area contributed by atoms with Crippen LogP contribution in [0.4, 0.5) is 11.5 Å². The number of anilines is 2. The van der Waals surface area contributed by atoms with Gasteiger partial charge < -0.3 is 20.7 Å². The normalized spacial score (nSPS) is 10.4. The number of amides is 1. The number of hydrogen-bond acceptors (Lipinski definition) is 5. The van der Waals surface area contributed by atoms with E-state index in [1.807, 2.05) is 25.7 Å². The molecule has 1 aromatic rings. The minimum absolute atomic E-state index is 0.0548. The standard InChI is InChI=1S/C13H22N4O2/c1-5-17(8-11(18)15-9(2)3)13-10(14)6-7-12(16-13)19-4/h6-7,9H,5,8,14H2,1-4H3,(H,15,18). The summed E-state index contributed by atoms with van der Waals surface area (Å²) >= 11 is 0. The van der Waals surface area contributed by atoms with Gasteiger partial charge in [0.2, 0.25) is 11.8 Å². The third-order valence-electron chi connectivity index (χ3n) is 2.55. The number of aromatic nitrogens is 1. The van der Waals surface area contributed by atoms with Gasteiger partial charge in [0.25, 0.3) is 0 Å². The molecule has 106 valence electrons. The van der Waals surface area contributed by atoms with Crippen LogP contribution in [0.3, 0.4) is 0 Å². The molecule has 0 aliphatic heterocycles. The maximum atomic E-state index is 11.8. The van der Waals surface area contributed by atoms with Crippen LogP contribution in [0.15, 0.2) is 12.1 Å². The highest BCUT2D eigenvalue weighted by Crippen LogP contribution is 2.23. The third kappa shape index (κ3) is 4.31. The second-order valence-electron chi connectivity index (χ2n) is 4.50. The summed E-state index contributed by atoms with van der Waals surface area (Å²) in [5.41, 5.74) is 6.43. The molecular weight excluding hydrogens is 244 g/mol. The summed E-state index contributed by atoms with van der Waals surface area (Å²) in [5.74, 6) is 0.994. The molecule has 0 bridgehead atoms. The first-order valence-corrected chi connectivity index (χ1v) is 6.32. The smallest absolute Gasteiger partial charge is 0.239 e. The van der Waals surface area contributed by atoms with Crippen molar-refractivity contribution in [3.8, 4) is 5.88 Å². The van der Waals surface area contributed by atoms with E-state index in [0.717, 1.165) is 0 Å². The van der Waals surface area contributed by atoms with Gasteiger partial charge in [0.1, 0.15) is 0 Å². The molecule has 0 radical (unpaired) electrons. The van der Waals surface area contributed by atoms with Crippen LogP contribution in [0.2, 0.25) is 0 Å². The summed E-state index contributed by atoms with van der Waals surface area (Å²) in [5, 5.41) is 2.84. The lowest BCUT2D eigenvalue weighted by Gasteiger charge is -2.23. The summed E-state index contributed by atoms with van der Waals surface area (Å²) in [6.07, 6.45) is 0. The van der Waals surface area contributed by atoms with Crippen LogP contribution in [0.1, 0.15) is 20.8 Å². The Bertz CT molecular complexity index is 435. The Balaban J connectivity index is 2.87.